The number of aromatic nitrogens is 1. The topological polar surface area (TPSA) is 45.2 Å². The predicted octanol–water partition coefficient (Wildman–Crippen LogP) is 4.35. The Balaban J connectivity index is 2.21. The van der Waals surface area contributed by atoms with E-state index in [2.05, 4.69) is 47.0 Å². The molecule has 0 aliphatic rings. The van der Waals surface area contributed by atoms with Crippen LogP contribution in [-0.2, 0) is 5.41 Å². The van der Waals surface area contributed by atoms with Crippen molar-refractivity contribution in [2.24, 2.45) is 0 Å². The molecule has 1 aromatic carbocycles. The second-order valence-electron chi connectivity index (χ2n) is 5.69. The minimum atomic E-state index is -0.193. The SMILES string of the molecule is CC(C)(C)c1nc(C(CO)Nc2ccccc2Br)cs1. The van der Waals surface area contributed by atoms with Crippen LogP contribution in [0.2, 0.25) is 0 Å². The van der Waals surface area contributed by atoms with Gasteiger partial charge in [-0.25, -0.2) is 4.98 Å². The van der Waals surface area contributed by atoms with Crippen molar-refractivity contribution < 1.29 is 5.11 Å². The number of hydrogen-bond donors (Lipinski definition) is 2. The van der Waals surface area contributed by atoms with Crippen LogP contribution in [0, 0.1) is 0 Å². The smallest absolute Gasteiger partial charge is 0.0982 e. The van der Waals surface area contributed by atoms with Gasteiger partial charge < -0.3 is 10.4 Å². The zero-order valence-electron chi connectivity index (χ0n) is 11.9. The van der Waals surface area contributed by atoms with Gasteiger partial charge in [0.15, 0.2) is 0 Å². The summed E-state index contributed by atoms with van der Waals surface area (Å²) in [6, 6.07) is 7.68. The first-order valence-electron chi connectivity index (χ1n) is 6.49. The molecule has 2 N–H and O–H groups in total. The number of benzene rings is 1. The van der Waals surface area contributed by atoms with E-state index in [1.165, 1.54) is 0 Å². The van der Waals surface area contributed by atoms with Gasteiger partial charge in [-0.05, 0) is 28.1 Å². The lowest BCUT2D eigenvalue weighted by molar-refractivity contribution is 0.274. The van der Waals surface area contributed by atoms with Gasteiger partial charge in [0.2, 0.25) is 0 Å². The van der Waals surface area contributed by atoms with Crippen molar-refractivity contribution >= 4 is 33.0 Å². The summed E-state index contributed by atoms with van der Waals surface area (Å²) in [5, 5.41) is 16.1. The normalized spacial score (nSPS) is 13.2. The van der Waals surface area contributed by atoms with E-state index in [4.69, 9.17) is 0 Å². The monoisotopic (exact) mass is 354 g/mol. The average molecular weight is 355 g/mol. The molecule has 2 rings (SSSR count). The van der Waals surface area contributed by atoms with Crippen LogP contribution in [0.25, 0.3) is 0 Å². The largest absolute Gasteiger partial charge is 0.394 e. The van der Waals surface area contributed by atoms with Gasteiger partial charge in [-0.3, -0.25) is 0 Å². The Morgan fingerprint density at radius 3 is 2.60 bits per heavy atom. The molecule has 20 heavy (non-hydrogen) atoms. The number of thiazole rings is 1. The maximum Gasteiger partial charge on any atom is 0.0982 e. The number of nitrogens with one attached hydrogen (secondary N) is 1. The van der Waals surface area contributed by atoms with Gasteiger partial charge in [0.25, 0.3) is 0 Å². The third-order valence-electron chi connectivity index (χ3n) is 2.91. The fraction of sp³-hybridized carbons (Fsp3) is 0.400. The molecular formula is C15H19BrN2OS. The molecule has 0 saturated heterocycles. The minimum absolute atomic E-state index is 0.00858. The molecule has 1 unspecified atom stereocenters. The molecule has 108 valence electrons. The van der Waals surface area contributed by atoms with E-state index in [-0.39, 0.29) is 18.1 Å². The van der Waals surface area contributed by atoms with Crippen LogP contribution < -0.4 is 5.32 Å². The molecule has 0 saturated carbocycles. The molecule has 0 fully saturated rings. The van der Waals surface area contributed by atoms with Gasteiger partial charge >= 0.3 is 0 Å². The number of hydrogen-bond acceptors (Lipinski definition) is 4. The van der Waals surface area contributed by atoms with Gasteiger partial charge in [-0.15, -0.1) is 11.3 Å². The lowest BCUT2D eigenvalue weighted by Gasteiger charge is -2.17. The van der Waals surface area contributed by atoms with Gasteiger partial charge in [0.05, 0.1) is 23.4 Å². The van der Waals surface area contributed by atoms with Gasteiger partial charge in [-0.2, -0.15) is 0 Å². The van der Waals surface area contributed by atoms with Crippen LogP contribution in [0.15, 0.2) is 34.1 Å². The van der Waals surface area contributed by atoms with E-state index < -0.39 is 0 Å². The summed E-state index contributed by atoms with van der Waals surface area (Å²) < 4.78 is 0.977. The molecule has 0 amide bonds. The molecule has 1 heterocycles. The highest BCUT2D eigenvalue weighted by Crippen LogP contribution is 2.30. The van der Waals surface area contributed by atoms with Gasteiger partial charge in [0, 0.05) is 21.0 Å². The number of anilines is 1. The zero-order chi connectivity index (χ0) is 14.8. The summed E-state index contributed by atoms with van der Waals surface area (Å²) in [7, 11) is 0. The Morgan fingerprint density at radius 2 is 2.05 bits per heavy atom. The lowest BCUT2D eigenvalue weighted by atomic mass is 9.98. The van der Waals surface area contributed by atoms with Crippen molar-refractivity contribution in [1.82, 2.24) is 4.98 Å². The highest BCUT2D eigenvalue weighted by molar-refractivity contribution is 9.10. The summed E-state index contributed by atoms with van der Waals surface area (Å²) in [6.45, 7) is 6.44. The first kappa shape index (κ1) is 15.5. The second-order valence-corrected chi connectivity index (χ2v) is 7.40. The Morgan fingerprint density at radius 1 is 1.35 bits per heavy atom. The second kappa shape index (κ2) is 6.24. The number of para-hydroxylation sites is 1. The Hall–Kier alpha value is -0.910. The molecule has 0 spiro atoms. The van der Waals surface area contributed by atoms with Crippen molar-refractivity contribution in [3.63, 3.8) is 0 Å². The summed E-state index contributed by atoms with van der Waals surface area (Å²) in [5.74, 6) is 0. The van der Waals surface area contributed by atoms with E-state index in [0.29, 0.717) is 0 Å². The molecular weight excluding hydrogens is 336 g/mol. The standard InChI is InChI=1S/C15H19BrN2OS/c1-15(2,3)14-18-13(9-20-14)12(8-19)17-11-7-5-4-6-10(11)16/h4-7,9,12,17,19H,8H2,1-3H3. The van der Waals surface area contributed by atoms with Crippen molar-refractivity contribution in [2.75, 3.05) is 11.9 Å². The fourth-order valence-electron chi connectivity index (χ4n) is 1.77. The van der Waals surface area contributed by atoms with Gasteiger partial charge in [0.1, 0.15) is 0 Å². The maximum absolute atomic E-state index is 9.63. The molecule has 0 aliphatic heterocycles. The Labute approximate surface area is 132 Å². The predicted molar refractivity (Wildman–Crippen MR) is 88.4 cm³/mol. The number of aliphatic hydroxyl groups is 1. The van der Waals surface area contributed by atoms with E-state index in [1.807, 2.05) is 29.6 Å². The molecule has 3 nitrogen and oxygen atoms in total. The minimum Gasteiger partial charge on any atom is -0.394 e. The summed E-state index contributed by atoms with van der Waals surface area (Å²) in [4.78, 5) is 4.66. The van der Waals surface area contributed by atoms with Crippen molar-refractivity contribution in [3.8, 4) is 0 Å². The third kappa shape index (κ3) is 3.59. The van der Waals surface area contributed by atoms with Gasteiger partial charge in [-0.1, -0.05) is 32.9 Å². The summed E-state index contributed by atoms with van der Waals surface area (Å²) in [6.07, 6.45) is 0. The van der Waals surface area contributed by atoms with Crippen LogP contribution in [0.4, 0.5) is 5.69 Å². The molecule has 2 aromatic rings. The number of rotatable bonds is 4. The van der Waals surface area contributed by atoms with Crippen molar-refractivity contribution in [3.05, 3.63) is 44.8 Å². The highest BCUT2D eigenvalue weighted by Gasteiger charge is 2.21. The van der Waals surface area contributed by atoms with Crippen LogP contribution in [0.1, 0.15) is 37.5 Å². The molecule has 5 heteroatoms. The quantitative estimate of drug-likeness (QED) is 0.857. The first-order chi connectivity index (χ1) is 9.41. The maximum atomic E-state index is 9.63. The van der Waals surface area contributed by atoms with Crippen LogP contribution in [0.3, 0.4) is 0 Å². The molecule has 0 radical (unpaired) electrons. The summed E-state index contributed by atoms with van der Waals surface area (Å²) in [5.41, 5.74) is 1.88. The highest BCUT2D eigenvalue weighted by atomic mass is 79.9. The molecule has 0 bridgehead atoms. The third-order valence-corrected chi connectivity index (χ3v) is 4.88. The lowest BCUT2D eigenvalue weighted by Crippen LogP contribution is -2.17. The van der Waals surface area contributed by atoms with E-state index in [0.717, 1.165) is 20.9 Å². The van der Waals surface area contributed by atoms with Crippen LogP contribution >= 0.6 is 27.3 Å². The summed E-state index contributed by atoms with van der Waals surface area (Å²) >= 11 is 5.14. The molecule has 0 aliphatic carbocycles. The van der Waals surface area contributed by atoms with E-state index in [1.54, 1.807) is 11.3 Å². The van der Waals surface area contributed by atoms with E-state index >= 15 is 0 Å². The first-order valence-corrected chi connectivity index (χ1v) is 8.17. The van der Waals surface area contributed by atoms with Crippen molar-refractivity contribution in [2.45, 2.75) is 32.2 Å². The van der Waals surface area contributed by atoms with Crippen LogP contribution in [-0.4, -0.2) is 16.7 Å². The average Bonchev–Trinajstić information content (AvgIpc) is 2.87. The Bertz CT molecular complexity index is 577. The Kier molecular flexibility index (Phi) is 4.83. The number of aliphatic hydroxyl groups excluding tert-OH is 1. The number of halogens is 1. The van der Waals surface area contributed by atoms with Crippen molar-refractivity contribution in [1.29, 1.82) is 0 Å². The van der Waals surface area contributed by atoms with Crippen LogP contribution in [0.5, 0.6) is 0 Å². The number of nitrogens with zero attached hydrogens (tertiary/aromatic N) is 1. The fourth-order valence-corrected chi connectivity index (χ4v) is 3.13. The zero-order valence-corrected chi connectivity index (χ0v) is 14.3. The molecule has 1 aromatic heterocycles. The van der Waals surface area contributed by atoms with E-state index in [9.17, 15) is 5.11 Å². The molecule has 1 atom stereocenters.